The Hall–Kier alpha value is 0.493. The van der Waals surface area contributed by atoms with Gasteiger partial charge in [-0.15, -0.1) is 11.3 Å². The fraction of sp³-hybridized carbons (Fsp3) is 0.462. The molecule has 2 atom stereocenters. The molecule has 0 bridgehead atoms. The van der Waals surface area contributed by atoms with E-state index in [2.05, 4.69) is 15.1 Å². The molecule has 2 heterocycles. The van der Waals surface area contributed by atoms with Gasteiger partial charge in [0.2, 0.25) is 0 Å². The maximum absolute atomic E-state index is 12.5. The minimum atomic E-state index is -4.78. The molecule has 0 aromatic carbocycles. The third-order valence-electron chi connectivity index (χ3n) is 3.63. The Morgan fingerprint density at radius 1 is 1.40 bits per heavy atom. The van der Waals surface area contributed by atoms with Crippen LogP contribution in [0.5, 0.6) is 0 Å². The number of β-lactam (4-membered cyclic amide) rings is 1. The fourth-order valence-corrected chi connectivity index (χ4v) is 3.47. The number of nitrogens with zero attached hydrogens (tertiary/aromatic N) is 4. The van der Waals surface area contributed by atoms with Crippen molar-refractivity contribution in [2.75, 3.05) is 5.73 Å². The van der Waals surface area contributed by atoms with E-state index in [0.29, 0.717) is 0 Å². The van der Waals surface area contributed by atoms with Crippen molar-refractivity contribution in [1.29, 1.82) is 0 Å². The Labute approximate surface area is 260 Å². The average molecular weight is 512 g/mol. The SMILES string of the molecule is C[C@@H]1[C@H](N=C([O-])/C(=N/OC(C)(C)C(=O)[O-])c2csc(N)n2)C(=O)N1S(=O)(=O)O.[K+].[K+]. The van der Waals surface area contributed by atoms with E-state index in [0.717, 1.165) is 25.2 Å². The molecule has 0 saturated carbocycles. The number of aliphatic imine (C=N–C) groups is 1. The number of oxime groups is 1. The van der Waals surface area contributed by atoms with Gasteiger partial charge >= 0.3 is 113 Å². The van der Waals surface area contributed by atoms with Crippen LogP contribution in [0.25, 0.3) is 0 Å². The van der Waals surface area contributed by atoms with Crippen LogP contribution >= 0.6 is 11.3 Å². The van der Waals surface area contributed by atoms with E-state index in [1.165, 1.54) is 12.3 Å². The molecule has 1 aromatic rings. The van der Waals surface area contributed by atoms with Crippen LogP contribution in [0, 0.1) is 0 Å². The van der Waals surface area contributed by atoms with Crippen LogP contribution in [0.4, 0.5) is 5.13 Å². The number of aliphatic carboxylic acids is 1. The molecule has 0 spiro atoms. The fourth-order valence-electron chi connectivity index (χ4n) is 2.05. The number of rotatable bonds is 7. The molecule has 1 aromatic heterocycles. The monoisotopic (exact) mass is 511 g/mol. The minimum Gasteiger partial charge on any atom is -0.857 e. The van der Waals surface area contributed by atoms with Gasteiger partial charge in [-0.3, -0.25) is 14.3 Å². The molecule has 154 valence electrons. The number of thiazole rings is 1. The number of carboxylic acids is 1. The summed E-state index contributed by atoms with van der Waals surface area (Å²) in [5.74, 6) is -3.85. The van der Waals surface area contributed by atoms with E-state index in [1.807, 2.05) is 0 Å². The predicted octanol–water partition coefficient (Wildman–Crippen LogP) is -8.86. The van der Waals surface area contributed by atoms with Crippen molar-refractivity contribution in [3.63, 3.8) is 0 Å². The number of aromatic nitrogens is 1. The molecule has 1 fully saturated rings. The summed E-state index contributed by atoms with van der Waals surface area (Å²) in [4.78, 5) is 35.1. The molecule has 13 nitrogen and oxygen atoms in total. The minimum absolute atomic E-state index is 0. The summed E-state index contributed by atoms with van der Waals surface area (Å²) >= 11 is 0.953. The molecule has 1 amide bonds. The van der Waals surface area contributed by atoms with Gasteiger partial charge in [0.1, 0.15) is 11.4 Å². The second kappa shape index (κ2) is 11.6. The Morgan fingerprint density at radius 2 is 1.97 bits per heavy atom. The van der Waals surface area contributed by atoms with E-state index in [-0.39, 0.29) is 118 Å². The molecule has 0 aliphatic carbocycles. The van der Waals surface area contributed by atoms with Crippen LogP contribution < -0.4 is 119 Å². The van der Waals surface area contributed by atoms with Crippen LogP contribution in [0.1, 0.15) is 26.5 Å². The van der Waals surface area contributed by atoms with E-state index < -0.39 is 51.5 Å². The van der Waals surface area contributed by atoms with Gasteiger partial charge in [-0.25, -0.2) is 9.29 Å². The molecule has 1 aliphatic heterocycles. The van der Waals surface area contributed by atoms with Gasteiger partial charge in [-0.05, 0) is 20.8 Å². The standard InChI is InChI=1S/C13H17N5O8S2.2K/c1-5-7(10(20)18(5)28(23,24)25)16-9(19)8(6-4-27-12(14)15-6)17-26-13(2,3)11(21)22;;/h4-5,7H,1-3H3,(H2,14,15)(H,16,19)(H,21,22)(H,23,24,25);;/q;2*+1/p-2/b17-8+;;/t5-,7+;;/m1../s1. The molecule has 30 heavy (non-hydrogen) atoms. The van der Waals surface area contributed by atoms with Gasteiger partial charge in [0.15, 0.2) is 16.8 Å². The summed E-state index contributed by atoms with van der Waals surface area (Å²) in [6.07, 6.45) is 0. The largest absolute Gasteiger partial charge is 1.00 e. The second-order valence-electron chi connectivity index (χ2n) is 6.13. The van der Waals surface area contributed by atoms with Crippen molar-refractivity contribution in [3.8, 4) is 0 Å². The smallest absolute Gasteiger partial charge is 0.857 e. The third-order valence-corrected chi connectivity index (χ3v) is 5.31. The van der Waals surface area contributed by atoms with Crippen molar-refractivity contribution in [1.82, 2.24) is 9.29 Å². The zero-order chi connectivity index (χ0) is 21.4. The quantitative estimate of drug-likeness (QED) is 0.0881. The molecular weight excluding hydrogens is 497 g/mol. The van der Waals surface area contributed by atoms with Crippen molar-refractivity contribution in [3.05, 3.63) is 11.1 Å². The number of hydrogen-bond donors (Lipinski definition) is 2. The molecule has 3 N–H and O–H groups in total. The number of amides is 1. The van der Waals surface area contributed by atoms with E-state index in [4.69, 9.17) is 15.1 Å². The number of carbonyl (C=O) groups excluding carboxylic acids is 2. The van der Waals surface area contributed by atoms with Crippen LogP contribution in [-0.2, 0) is 24.7 Å². The van der Waals surface area contributed by atoms with Crippen molar-refractivity contribution in [2.24, 2.45) is 10.1 Å². The summed E-state index contributed by atoms with van der Waals surface area (Å²) in [6, 6.07) is -2.52. The first kappa shape index (κ1) is 30.5. The Balaban J connectivity index is 0.00000420. The number of nitrogen functional groups attached to an aromatic ring is 1. The summed E-state index contributed by atoms with van der Waals surface area (Å²) in [5.41, 5.74) is 2.98. The molecule has 0 unspecified atom stereocenters. The Kier molecular flexibility index (Phi) is 11.8. The predicted molar refractivity (Wildman–Crippen MR) is 92.3 cm³/mol. The van der Waals surface area contributed by atoms with Crippen molar-refractivity contribution < 1.29 is 140 Å². The van der Waals surface area contributed by atoms with Crippen LogP contribution in [-0.4, -0.2) is 63.4 Å². The van der Waals surface area contributed by atoms with Gasteiger partial charge < -0.3 is 25.6 Å². The topological polar surface area (TPSA) is 211 Å². The van der Waals surface area contributed by atoms with E-state index >= 15 is 0 Å². The van der Waals surface area contributed by atoms with Gasteiger partial charge in [0.25, 0.3) is 5.91 Å². The summed E-state index contributed by atoms with van der Waals surface area (Å²) < 4.78 is 31.4. The van der Waals surface area contributed by atoms with Crippen molar-refractivity contribution in [2.45, 2.75) is 38.5 Å². The molecule has 1 aliphatic rings. The normalized spacial score (nSPS) is 20.0. The van der Waals surface area contributed by atoms with Crippen LogP contribution in [0.15, 0.2) is 15.5 Å². The molecule has 2 rings (SSSR count). The zero-order valence-corrected chi connectivity index (χ0v) is 24.6. The molecule has 0 radical (unpaired) electrons. The van der Waals surface area contributed by atoms with Gasteiger partial charge in [-0.1, -0.05) is 5.16 Å². The number of anilines is 1. The van der Waals surface area contributed by atoms with E-state index in [1.54, 1.807) is 0 Å². The summed E-state index contributed by atoms with van der Waals surface area (Å²) in [6.45, 7) is 3.51. The van der Waals surface area contributed by atoms with Gasteiger partial charge in [-0.2, -0.15) is 8.42 Å². The molecule has 1 saturated heterocycles. The Bertz CT molecular complexity index is 978. The van der Waals surface area contributed by atoms with Crippen LogP contribution in [0.2, 0.25) is 0 Å². The Morgan fingerprint density at radius 3 is 2.37 bits per heavy atom. The number of carboxylic acid groups (broad SMARTS) is 1. The van der Waals surface area contributed by atoms with Gasteiger partial charge in [0, 0.05) is 11.3 Å². The number of nitrogens with two attached hydrogens (primary N) is 1. The maximum Gasteiger partial charge on any atom is 1.00 e. The second-order valence-corrected chi connectivity index (χ2v) is 8.31. The third kappa shape index (κ3) is 6.99. The van der Waals surface area contributed by atoms with E-state index in [9.17, 15) is 28.2 Å². The zero-order valence-electron chi connectivity index (χ0n) is 16.7. The first-order valence-corrected chi connectivity index (χ1v) is 9.78. The van der Waals surface area contributed by atoms with Crippen LogP contribution in [0.3, 0.4) is 0 Å². The average Bonchev–Trinajstić information content (AvgIpc) is 2.97. The first-order chi connectivity index (χ1) is 12.8. The van der Waals surface area contributed by atoms with Gasteiger partial charge in [0.05, 0.1) is 12.0 Å². The number of hydrogen-bond acceptors (Lipinski definition) is 12. The number of carbonyl (C=O) groups is 2. The summed E-state index contributed by atoms with van der Waals surface area (Å²) in [5, 5.41) is 28.4. The maximum atomic E-state index is 12.5. The van der Waals surface area contributed by atoms with Crippen molar-refractivity contribution >= 4 is 50.3 Å². The molecular formula is C13H15K2N5O8S2. The summed E-state index contributed by atoms with van der Waals surface area (Å²) in [7, 11) is -4.78. The first-order valence-electron chi connectivity index (χ1n) is 7.50. The molecule has 17 heteroatoms.